The molecule has 19 heavy (non-hydrogen) atoms. The van der Waals surface area contributed by atoms with E-state index in [-0.39, 0.29) is 12.5 Å². The largest absolute Gasteiger partial charge is 0.480 e. The maximum absolute atomic E-state index is 11.6. The Bertz CT molecular complexity index is 440. The van der Waals surface area contributed by atoms with E-state index in [0.29, 0.717) is 12.2 Å². The van der Waals surface area contributed by atoms with E-state index in [1.807, 2.05) is 20.8 Å². The number of rotatable bonds is 6. The van der Waals surface area contributed by atoms with Crippen LogP contribution in [0.3, 0.4) is 0 Å². The Morgan fingerprint density at radius 2 is 2.05 bits per heavy atom. The van der Waals surface area contributed by atoms with E-state index in [9.17, 15) is 9.59 Å². The van der Waals surface area contributed by atoms with E-state index in [1.54, 1.807) is 12.1 Å². The summed E-state index contributed by atoms with van der Waals surface area (Å²) in [6.07, 6.45) is 0.391. The van der Waals surface area contributed by atoms with E-state index >= 15 is 0 Å². The highest BCUT2D eigenvalue weighted by atomic mass is 16.4. The number of nitrogens with one attached hydrogen (secondary N) is 2. The molecule has 0 spiro atoms. The number of aliphatic carboxylic acids is 1. The summed E-state index contributed by atoms with van der Waals surface area (Å²) in [5.74, 6) is 0.552. The molecule has 0 saturated carbocycles. The minimum atomic E-state index is -1.03. The number of carbonyl (C=O) groups is 2. The van der Waals surface area contributed by atoms with Crippen LogP contribution in [0.15, 0.2) is 16.5 Å². The average molecular weight is 268 g/mol. The monoisotopic (exact) mass is 268 g/mol. The van der Waals surface area contributed by atoms with Crippen LogP contribution in [-0.2, 0) is 11.3 Å². The molecule has 0 bridgehead atoms. The summed E-state index contributed by atoms with van der Waals surface area (Å²) in [4.78, 5) is 22.6. The van der Waals surface area contributed by atoms with Crippen LogP contribution in [0.2, 0.25) is 0 Å². The molecule has 1 heterocycles. The summed E-state index contributed by atoms with van der Waals surface area (Å²) in [6.45, 7) is 5.85. The fourth-order valence-electron chi connectivity index (χ4n) is 1.65. The Balaban J connectivity index is 2.42. The van der Waals surface area contributed by atoms with Crippen LogP contribution < -0.4 is 10.6 Å². The first-order valence-electron chi connectivity index (χ1n) is 6.21. The van der Waals surface area contributed by atoms with Gasteiger partial charge in [-0.15, -0.1) is 0 Å². The van der Waals surface area contributed by atoms with E-state index in [4.69, 9.17) is 9.52 Å². The molecule has 0 aromatic carbocycles. The first-order chi connectivity index (χ1) is 8.88. The highest BCUT2D eigenvalue weighted by molar-refractivity contribution is 5.82. The van der Waals surface area contributed by atoms with Gasteiger partial charge in [0.05, 0.1) is 6.54 Å². The van der Waals surface area contributed by atoms with Gasteiger partial charge in [0.25, 0.3) is 0 Å². The second-order valence-corrected chi connectivity index (χ2v) is 4.86. The van der Waals surface area contributed by atoms with Gasteiger partial charge in [-0.3, -0.25) is 0 Å². The Morgan fingerprint density at radius 3 is 2.53 bits per heavy atom. The van der Waals surface area contributed by atoms with Crippen molar-refractivity contribution in [3.05, 3.63) is 23.7 Å². The van der Waals surface area contributed by atoms with Crippen LogP contribution >= 0.6 is 0 Å². The summed E-state index contributed by atoms with van der Waals surface area (Å²) in [7, 11) is 0. The van der Waals surface area contributed by atoms with Crippen LogP contribution in [-0.4, -0.2) is 23.1 Å². The summed E-state index contributed by atoms with van der Waals surface area (Å²) in [6, 6.07) is 2.17. The second kappa shape index (κ2) is 6.82. The SMILES string of the molecule is Cc1ccc(CNC(=O)NC(CC(C)C)C(=O)O)o1. The molecule has 0 saturated heterocycles. The Kier molecular flexibility index (Phi) is 5.41. The van der Waals surface area contributed by atoms with Crippen LogP contribution in [0.4, 0.5) is 4.79 Å². The fraction of sp³-hybridized carbons (Fsp3) is 0.538. The van der Waals surface area contributed by atoms with Gasteiger partial charge < -0.3 is 20.2 Å². The maximum Gasteiger partial charge on any atom is 0.326 e. The molecule has 6 nitrogen and oxygen atoms in total. The molecule has 0 aliphatic carbocycles. The molecular weight excluding hydrogens is 248 g/mol. The number of furan rings is 1. The number of hydrogen-bond acceptors (Lipinski definition) is 3. The van der Waals surface area contributed by atoms with E-state index in [2.05, 4.69) is 10.6 Å². The van der Waals surface area contributed by atoms with Crippen LogP contribution in [0.25, 0.3) is 0 Å². The smallest absolute Gasteiger partial charge is 0.326 e. The number of carbonyl (C=O) groups excluding carboxylic acids is 1. The van der Waals surface area contributed by atoms with Crippen molar-refractivity contribution in [2.24, 2.45) is 5.92 Å². The normalized spacial score (nSPS) is 12.2. The van der Waals surface area contributed by atoms with Gasteiger partial charge in [0, 0.05) is 0 Å². The topological polar surface area (TPSA) is 91.6 Å². The molecule has 1 aromatic rings. The molecular formula is C13H20N2O4. The van der Waals surface area contributed by atoms with E-state index in [1.165, 1.54) is 0 Å². The first kappa shape index (κ1) is 15.1. The van der Waals surface area contributed by atoms with Crippen molar-refractivity contribution >= 4 is 12.0 Å². The van der Waals surface area contributed by atoms with Crippen LogP contribution in [0.1, 0.15) is 31.8 Å². The maximum atomic E-state index is 11.6. The standard InChI is InChI=1S/C13H20N2O4/c1-8(2)6-11(12(16)17)15-13(18)14-7-10-5-4-9(3)19-10/h4-5,8,11H,6-7H2,1-3H3,(H,16,17)(H2,14,15,18). The predicted molar refractivity (Wildman–Crippen MR) is 69.7 cm³/mol. The molecule has 0 radical (unpaired) electrons. The molecule has 6 heteroatoms. The molecule has 0 fully saturated rings. The highest BCUT2D eigenvalue weighted by Gasteiger charge is 2.20. The van der Waals surface area contributed by atoms with Crippen molar-refractivity contribution in [1.82, 2.24) is 10.6 Å². The van der Waals surface area contributed by atoms with Crippen molar-refractivity contribution in [3.63, 3.8) is 0 Å². The Labute approximate surface area is 112 Å². The van der Waals surface area contributed by atoms with Crippen molar-refractivity contribution in [2.75, 3.05) is 0 Å². The van der Waals surface area contributed by atoms with Crippen LogP contribution in [0, 0.1) is 12.8 Å². The number of carboxylic acids is 1. The first-order valence-corrected chi connectivity index (χ1v) is 6.21. The zero-order valence-electron chi connectivity index (χ0n) is 11.4. The molecule has 2 amide bonds. The van der Waals surface area contributed by atoms with Crippen molar-refractivity contribution in [3.8, 4) is 0 Å². The fourth-order valence-corrected chi connectivity index (χ4v) is 1.65. The lowest BCUT2D eigenvalue weighted by molar-refractivity contribution is -0.139. The predicted octanol–water partition coefficient (Wildman–Crippen LogP) is 1.89. The quantitative estimate of drug-likeness (QED) is 0.734. The molecule has 106 valence electrons. The number of carboxylic acid groups (broad SMARTS) is 1. The Morgan fingerprint density at radius 1 is 1.37 bits per heavy atom. The number of urea groups is 1. The second-order valence-electron chi connectivity index (χ2n) is 4.86. The van der Waals surface area contributed by atoms with E-state index in [0.717, 1.165) is 5.76 Å². The minimum absolute atomic E-state index is 0.189. The van der Waals surface area contributed by atoms with Gasteiger partial charge in [-0.05, 0) is 31.4 Å². The third-order valence-corrected chi connectivity index (χ3v) is 2.53. The molecule has 0 aliphatic heterocycles. The summed E-state index contributed by atoms with van der Waals surface area (Å²) in [5.41, 5.74) is 0. The zero-order chi connectivity index (χ0) is 14.4. The minimum Gasteiger partial charge on any atom is -0.480 e. The summed E-state index contributed by atoms with van der Waals surface area (Å²) in [5, 5.41) is 14.0. The molecule has 1 atom stereocenters. The Hall–Kier alpha value is -1.98. The van der Waals surface area contributed by atoms with Gasteiger partial charge in [-0.1, -0.05) is 13.8 Å². The lowest BCUT2D eigenvalue weighted by Gasteiger charge is -2.16. The summed E-state index contributed by atoms with van der Waals surface area (Å²) >= 11 is 0. The van der Waals surface area contributed by atoms with Crippen molar-refractivity contribution in [1.29, 1.82) is 0 Å². The lowest BCUT2D eigenvalue weighted by Crippen LogP contribution is -2.46. The summed E-state index contributed by atoms with van der Waals surface area (Å²) < 4.78 is 5.29. The zero-order valence-corrected chi connectivity index (χ0v) is 11.4. The highest BCUT2D eigenvalue weighted by Crippen LogP contribution is 2.06. The molecule has 3 N–H and O–H groups in total. The third kappa shape index (κ3) is 5.46. The van der Waals surface area contributed by atoms with Gasteiger partial charge >= 0.3 is 12.0 Å². The molecule has 1 rings (SSSR count). The number of aryl methyl sites for hydroxylation is 1. The third-order valence-electron chi connectivity index (χ3n) is 2.53. The average Bonchev–Trinajstić information content (AvgIpc) is 2.71. The van der Waals surface area contributed by atoms with E-state index < -0.39 is 18.0 Å². The molecule has 0 aliphatic rings. The van der Waals surface area contributed by atoms with Gasteiger partial charge in [-0.2, -0.15) is 0 Å². The van der Waals surface area contributed by atoms with Gasteiger partial charge in [0.1, 0.15) is 17.6 Å². The molecule has 1 aromatic heterocycles. The van der Waals surface area contributed by atoms with Gasteiger partial charge in [0.15, 0.2) is 0 Å². The van der Waals surface area contributed by atoms with Gasteiger partial charge in [-0.25, -0.2) is 9.59 Å². The lowest BCUT2D eigenvalue weighted by atomic mass is 10.0. The van der Waals surface area contributed by atoms with Crippen molar-refractivity contribution < 1.29 is 19.1 Å². The number of hydrogen-bond donors (Lipinski definition) is 3. The molecule has 1 unspecified atom stereocenters. The van der Waals surface area contributed by atoms with Crippen LogP contribution in [0.5, 0.6) is 0 Å². The van der Waals surface area contributed by atoms with Crippen molar-refractivity contribution in [2.45, 2.75) is 39.8 Å². The van der Waals surface area contributed by atoms with Gasteiger partial charge in [0.2, 0.25) is 0 Å². The number of amides is 2.